The number of hydrogen-bond acceptors (Lipinski definition) is 5. The molecular formula is C21H30O5. The number of hydrogen-bond donors (Lipinski definition) is 0. The molecule has 1 saturated carbocycles. The van der Waals surface area contributed by atoms with E-state index in [4.69, 9.17) is 14.2 Å². The second kappa shape index (κ2) is 9.83. The summed E-state index contributed by atoms with van der Waals surface area (Å²) in [4.78, 5) is 24.2. The molecule has 1 aliphatic carbocycles. The second-order valence-corrected chi connectivity index (χ2v) is 7.19. The highest BCUT2D eigenvalue weighted by atomic mass is 16.5. The molecule has 0 spiro atoms. The first-order valence-electron chi connectivity index (χ1n) is 9.32. The SMILES string of the molecule is CCO[C@H]1CC[C@@](C)(CCOCc2ccccc2)[C@@H](C=O)[C@H]1C(=O)OC. The van der Waals surface area contributed by atoms with Gasteiger partial charge in [0.15, 0.2) is 0 Å². The van der Waals surface area contributed by atoms with Crippen molar-refractivity contribution in [2.75, 3.05) is 20.3 Å². The number of carbonyl (C=O) groups is 2. The topological polar surface area (TPSA) is 61.8 Å². The van der Waals surface area contributed by atoms with E-state index in [9.17, 15) is 9.59 Å². The van der Waals surface area contributed by atoms with Crippen molar-refractivity contribution in [3.05, 3.63) is 35.9 Å². The first kappa shape index (κ1) is 20.6. The van der Waals surface area contributed by atoms with E-state index in [2.05, 4.69) is 6.92 Å². The predicted molar refractivity (Wildman–Crippen MR) is 98.5 cm³/mol. The Morgan fingerprint density at radius 1 is 1.31 bits per heavy atom. The number of rotatable bonds is 9. The van der Waals surface area contributed by atoms with Crippen molar-refractivity contribution in [2.24, 2.45) is 17.3 Å². The Labute approximate surface area is 156 Å². The highest BCUT2D eigenvalue weighted by molar-refractivity contribution is 5.78. The molecule has 0 heterocycles. The summed E-state index contributed by atoms with van der Waals surface area (Å²) in [5.41, 5.74) is 0.822. The van der Waals surface area contributed by atoms with E-state index in [1.807, 2.05) is 37.3 Å². The van der Waals surface area contributed by atoms with Gasteiger partial charge in [-0.2, -0.15) is 0 Å². The summed E-state index contributed by atoms with van der Waals surface area (Å²) in [6.07, 6.45) is 2.93. The molecule has 1 aromatic rings. The monoisotopic (exact) mass is 362 g/mol. The van der Waals surface area contributed by atoms with E-state index >= 15 is 0 Å². The Hall–Kier alpha value is -1.72. The van der Waals surface area contributed by atoms with E-state index in [0.29, 0.717) is 19.8 Å². The number of carbonyl (C=O) groups excluding carboxylic acids is 2. The van der Waals surface area contributed by atoms with Crippen LogP contribution in [-0.4, -0.2) is 38.7 Å². The number of methoxy groups -OCH3 is 1. The first-order valence-corrected chi connectivity index (χ1v) is 9.32. The van der Waals surface area contributed by atoms with E-state index < -0.39 is 11.8 Å². The molecule has 0 unspecified atom stereocenters. The molecule has 5 nitrogen and oxygen atoms in total. The molecule has 5 heteroatoms. The van der Waals surface area contributed by atoms with Crippen LogP contribution in [0, 0.1) is 17.3 Å². The van der Waals surface area contributed by atoms with Crippen molar-refractivity contribution in [2.45, 2.75) is 45.8 Å². The van der Waals surface area contributed by atoms with Gasteiger partial charge in [0.1, 0.15) is 6.29 Å². The molecule has 0 aromatic heterocycles. The van der Waals surface area contributed by atoms with Gasteiger partial charge in [-0.25, -0.2) is 0 Å². The van der Waals surface area contributed by atoms with Crippen molar-refractivity contribution in [1.82, 2.24) is 0 Å². The van der Waals surface area contributed by atoms with Crippen molar-refractivity contribution < 1.29 is 23.8 Å². The van der Waals surface area contributed by atoms with Gasteiger partial charge < -0.3 is 19.0 Å². The lowest BCUT2D eigenvalue weighted by molar-refractivity contribution is -0.166. The minimum atomic E-state index is -0.551. The zero-order valence-electron chi connectivity index (χ0n) is 16.0. The zero-order valence-corrected chi connectivity index (χ0v) is 16.0. The van der Waals surface area contributed by atoms with Crippen molar-refractivity contribution >= 4 is 12.3 Å². The predicted octanol–water partition coefficient (Wildman–Crippen LogP) is 3.40. The van der Waals surface area contributed by atoms with Crippen LogP contribution in [-0.2, 0) is 30.4 Å². The Kier molecular flexibility index (Phi) is 7.79. The molecule has 0 N–H and O–H groups in total. The van der Waals surface area contributed by atoms with Crippen LogP contribution in [0.2, 0.25) is 0 Å². The Morgan fingerprint density at radius 2 is 2.04 bits per heavy atom. The van der Waals surface area contributed by atoms with E-state index in [-0.39, 0.29) is 17.5 Å². The normalized spacial score (nSPS) is 28.5. The molecule has 0 radical (unpaired) electrons. The minimum Gasteiger partial charge on any atom is -0.469 e. The number of benzene rings is 1. The van der Waals surface area contributed by atoms with Crippen LogP contribution in [0.1, 0.15) is 38.7 Å². The molecule has 0 saturated heterocycles. The third kappa shape index (κ3) is 4.92. The van der Waals surface area contributed by atoms with Gasteiger partial charge in [-0.15, -0.1) is 0 Å². The third-order valence-corrected chi connectivity index (χ3v) is 5.52. The van der Waals surface area contributed by atoms with E-state index in [1.165, 1.54) is 7.11 Å². The summed E-state index contributed by atoms with van der Waals surface area (Å²) in [6.45, 7) is 5.57. The molecule has 0 bridgehead atoms. The van der Waals surface area contributed by atoms with Crippen LogP contribution in [0.25, 0.3) is 0 Å². The van der Waals surface area contributed by atoms with Crippen LogP contribution in [0.15, 0.2) is 30.3 Å². The Balaban J connectivity index is 2.01. The molecule has 1 aromatic carbocycles. The average molecular weight is 362 g/mol. The summed E-state index contributed by atoms with van der Waals surface area (Å²) in [5.74, 6) is -1.34. The standard InChI is InChI=1S/C21H30O5/c1-4-26-18-10-11-21(2,17(14-22)19(18)20(23)24-3)12-13-25-15-16-8-6-5-7-9-16/h5-9,14,17-19H,4,10-13,15H2,1-3H3/t17-,18-,19+,21-/m0/s1. The van der Waals surface area contributed by atoms with Crippen molar-refractivity contribution in [3.8, 4) is 0 Å². The Bertz CT molecular complexity index is 573. The Morgan fingerprint density at radius 3 is 2.65 bits per heavy atom. The fourth-order valence-electron chi connectivity index (χ4n) is 3.93. The lowest BCUT2D eigenvalue weighted by atomic mass is 9.60. The van der Waals surface area contributed by atoms with Crippen LogP contribution in [0.5, 0.6) is 0 Å². The van der Waals surface area contributed by atoms with E-state index in [1.54, 1.807) is 0 Å². The first-order chi connectivity index (χ1) is 12.6. The summed E-state index contributed by atoms with van der Waals surface area (Å²) in [5, 5.41) is 0. The van der Waals surface area contributed by atoms with Gasteiger partial charge in [0.2, 0.25) is 0 Å². The molecular weight excluding hydrogens is 332 g/mol. The average Bonchev–Trinajstić information content (AvgIpc) is 2.67. The van der Waals surface area contributed by atoms with Crippen LogP contribution in [0.4, 0.5) is 0 Å². The van der Waals surface area contributed by atoms with Crippen LogP contribution >= 0.6 is 0 Å². The van der Waals surface area contributed by atoms with Gasteiger partial charge in [-0.1, -0.05) is 37.3 Å². The van der Waals surface area contributed by atoms with Crippen molar-refractivity contribution in [3.63, 3.8) is 0 Å². The van der Waals surface area contributed by atoms with Gasteiger partial charge >= 0.3 is 5.97 Å². The van der Waals surface area contributed by atoms with Gasteiger partial charge in [0.25, 0.3) is 0 Å². The highest BCUT2D eigenvalue weighted by Gasteiger charge is 2.50. The molecule has 26 heavy (non-hydrogen) atoms. The van der Waals surface area contributed by atoms with Crippen LogP contribution < -0.4 is 0 Å². The highest BCUT2D eigenvalue weighted by Crippen LogP contribution is 2.47. The maximum absolute atomic E-state index is 12.3. The third-order valence-electron chi connectivity index (χ3n) is 5.52. The summed E-state index contributed by atoms with van der Waals surface area (Å²) in [6, 6.07) is 9.99. The number of ether oxygens (including phenoxy) is 3. The van der Waals surface area contributed by atoms with Gasteiger partial charge in [-0.05, 0) is 37.2 Å². The van der Waals surface area contributed by atoms with Gasteiger partial charge in [-0.3, -0.25) is 4.79 Å². The maximum Gasteiger partial charge on any atom is 0.312 e. The summed E-state index contributed by atoms with van der Waals surface area (Å²) < 4.78 is 16.5. The largest absolute Gasteiger partial charge is 0.469 e. The molecule has 1 aliphatic rings. The molecule has 2 rings (SSSR count). The lowest BCUT2D eigenvalue weighted by Gasteiger charge is -2.45. The number of esters is 1. The van der Waals surface area contributed by atoms with Gasteiger partial charge in [0, 0.05) is 19.1 Å². The minimum absolute atomic E-state index is 0.263. The van der Waals surface area contributed by atoms with Crippen LogP contribution in [0.3, 0.4) is 0 Å². The molecule has 0 aliphatic heterocycles. The zero-order chi connectivity index (χ0) is 19.0. The molecule has 0 amide bonds. The molecule has 4 atom stereocenters. The van der Waals surface area contributed by atoms with Crippen molar-refractivity contribution in [1.29, 1.82) is 0 Å². The smallest absolute Gasteiger partial charge is 0.312 e. The fraction of sp³-hybridized carbons (Fsp3) is 0.619. The quantitative estimate of drug-likeness (QED) is 0.383. The fourth-order valence-corrected chi connectivity index (χ4v) is 3.93. The molecule has 1 fully saturated rings. The maximum atomic E-state index is 12.3. The molecule has 144 valence electrons. The summed E-state index contributed by atoms with van der Waals surface area (Å²) in [7, 11) is 1.36. The van der Waals surface area contributed by atoms with E-state index in [0.717, 1.165) is 31.1 Å². The van der Waals surface area contributed by atoms with Gasteiger partial charge in [0.05, 0.1) is 25.7 Å². The number of aldehydes is 1. The lowest BCUT2D eigenvalue weighted by Crippen LogP contribution is -2.50. The second-order valence-electron chi connectivity index (χ2n) is 7.19. The summed E-state index contributed by atoms with van der Waals surface area (Å²) >= 11 is 0.